The zero-order valence-corrected chi connectivity index (χ0v) is 10.7. The Morgan fingerprint density at radius 1 is 1.37 bits per heavy atom. The van der Waals surface area contributed by atoms with Crippen molar-refractivity contribution >= 4 is 17.6 Å². The highest BCUT2D eigenvalue weighted by Gasteiger charge is 2.21. The molecule has 7 heteroatoms. The highest BCUT2D eigenvalue weighted by molar-refractivity contribution is 5.92. The molecule has 0 aliphatic heterocycles. The van der Waals surface area contributed by atoms with Crippen LogP contribution in [0.1, 0.15) is 22.8 Å². The van der Waals surface area contributed by atoms with Crippen LogP contribution in [-0.4, -0.2) is 30.1 Å². The van der Waals surface area contributed by atoms with Crippen LogP contribution in [0.4, 0.5) is 5.69 Å². The van der Waals surface area contributed by atoms with Gasteiger partial charge in [-0.2, -0.15) is 0 Å². The second-order valence-electron chi connectivity index (χ2n) is 3.83. The maximum atomic E-state index is 11.7. The number of nitrogens with zero attached hydrogens (tertiary/aromatic N) is 1. The zero-order valence-electron chi connectivity index (χ0n) is 10.7. The monoisotopic (exact) mass is 267 g/mol. The normalized spacial score (nSPS) is 11.5. The Hall–Kier alpha value is -2.44. The van der Waals surface area contributed by atoms with E-state index in [1.54, 1.807) is 6.92 Å². The third kappa shape index (κ3) is 3.51. The van der Waals surface area contributed by atoms with E-state index in [2.05, 4.69) is 4.74 Å². The van der Waals surface area contributed by atoms with Crippen molar-refractivity contribution in [3.63, 3.8) is 0 Å². The summed E-state index contributed by atoms with van der Waals surface area (Å²) in [7, 11) is 1.17. The van der Waals surface area contributed by atoms with Crippen LogP contribution in [0.25, 0.3) is 0 Å². The van der Waals surface area contributed by atoms with Gasteiger partial charge in [-0.3, -0.25) is 10.1 Å². The minimum absolute atomic E-state index is 0.00746. The minimum Gasteiger partial charge on any atom is -0.466 e. The molecule has 0 fully saturated rings. The van der Waals surface area contributed by atoms with Crippen molar-refractivity contribution in [2.24, 2.45) is 0 Å². The molecule has 1 atom stereocenters. The Morgan fingerprint density at radius 2 is 2.00 bits per heavy atom. The number of hydrogen-bond donors (Lipinski definition) is 0. The summed E-state index contributed by atoms with van der Waals surface area (Å²) in [6.07, 6.45) is -1.07. The van der Waals surface area contributed by atoms with Crippen LogP contribution < -0.4 is 0 Å². The summed E-state index contributed by atoms with van der Waals surface area (Å²) in [5.41, 5.74) is 0.260. The number of nitro benzene ring substituents is 1. The molecule has 0 unspecified atom stereocenters. The molecule has 0 saturated carbocycles. The predicted octanol–water partition coefficient (Wildman–Crippen LogP) is 1.62. The summed E-state index contributed by atoms with van der Waals surface area (Å²) in [6, 6.07) is 3.95. The van der Waals surface area contributed by atoms with Crippen LogP contribution in [0.5, 0.6) is 0 Å². The number of carbonyl (C=O) groups is 2. The van der Waals surface area contributed by atoms with E-state index in [1.165, 1.54) is 26.2 Å². The molecule has 0 aliphatic rings. The van der Waals surface area contributed by atoms with E-state index in [9.17, 15) is 19.7 Å². The third-order valence-electron chi connectivity index (χ3n) is 2.46. The number of ether oxygens (including phenoxy) is 2. The fraction of sp³-hybridized carbons (Fsp3) is 0.333. The van der Waals surface area contributed by atoms with Crippen molar-refractivity contribution in [1.82, 2.24) is 0 Å². The smallest absolute Gasteiger partial charge is 0.346 e. The lowest BCUT2D eigenvalue weighted by Gasteiger charge is -2.10. The molecule has 0 aromatic heterocycles. The minimum atomic E-state index is -1.07. The second-order valence-corrected chi connectivity index (χ2v) is 3.83. The predicted molar refractivity (Wildman–Crippen MR) is 64.7 cm³/mol. The second kappa shape index (κ2) is 5.94. The van der Waals surface area contributed by atoms with Crippen molar-refractivity contribution in [1.29, 1.82) is 0 Å². The van der Waals surface area contributed by atoms with Gasteiger partial charge in [0.2, 0.25) is 0 Å². The highest BCUT2D eigenvalue weighted by atomic mass is 16.6. The van der Waals surface area contributed by atoms with Gasteiger partial charge in [0.05, 0.1) is 17.6 Å². The maximum Gasteiger partial charge on any atom is 0.346 e. The Labute approximate surface area is 109 Å². The molecule has 1 aromatic carbocycles. The quantitative estimate of drug-likeness (QED) is 0.467. The summed E-state index contributed by atoms with van der Waals surface area (Å²) in [5, 5.41) is 10.8. The number of carbonyl (C=O) groups excluding carboxylic acids is 2. The van der Waals surface area contributed by atoms with Crippen LogP contribution >= 0.6 is 0 Å². The lowest BCUT2D eigenvalue weighted by atomic mass is 10.1. The van der Waals surface area contributed by atoms with Gasteiger partial charge in [-0.05, 0) is 19.9 Å². The van der Waals surface area contributed by atoms with Crippen LogP contribution in [0.3, 0.4) is 0 Å². The molecule has 102 valence electrons. The first kappa shape index (κ1) is 14.6. The van der Waals surface area contributed by atoms with E-state index in [0.29, 0.717) is 5.56 Å². The van der Waals surface area contributed by atoms with Gasteiger partial charge in [0, 0.05) is 11.6 Å². The summed E-state index contributed by atoms with van der Waals surface area (Å²) < 4.78 is 9.23. The standard InChI is InChI=1S/C12H13NO6/c1-7-4-5-9(6-10(7)13(16)17)12(15)19-8(2)11(14)18-3/h4-6,8H,1-3H3/t8-/m0/s1. The fourth-order valence-corrected chi connectivity index (χ4v) is 1.38. The van der Waals surface area contributed by atoms with E-state index in [-0.39, 0.29) is 11.3 Å². The van der Waals surface area contributed by atoms with Gasteiger partial charge in [0.25, 0.3) is 5.69 Å². The summed E-state index contributed by atoms with van der Waals surface area (Å²) >= 11 is 0. The zero-order chi connectivity index (χ0) is 14.6. The van der Waals surface area contributed by atoms with Gasteiger partial charge in [-0.1, -0.05) is 6.07 Å². The molecule has 1 rings (SSSR count). The van der Waals surface area contributed by atoms with E-state index in [4.69, 9.17) is 4.74 Å². The molecule has 0 bridgehead atoms. The number of rotatable bonds is 4. The first-order valence-electron chi connectivity index (χ1n) is 5.40. The Balaban J connectivity index is 2.92. The van der Waals surface area contributed by atoms with Gasteiger partial charge in [-0.15, -0.1) is 0 Å². The number of aryl methyl sites for hydroxylation is 1. The lowest BCUT2D eigenvalue weighted by molar-refractivity contribution is -0.385. The van der Waals surface area contributed by atoms with Gasteiger partial charge in [-0.25, -0.2) is 9.59 Å². The van der Waals surface area contributed by atoms with Gasteiger partial charge in [0.1, 0.15) is 0 Å². The average molecular weight is 267 g/mol. The average Bonchev–Trinajstić information content (AvgIpc) is 2.37. The summed E-state index contributed by atoms with van der Waals surface area (Å²) in [4.78, 5) is 33.0. The molecule has 0 N–H and O–H groups in total. The first-order valence-corrected chi connectivity index (χ1v) is 5.40. The topological polar surface area (TPSA) is 95.7 Å². The fourth-order valence-electron chi connectivity index (χ4n) is 1.38. The Morgan fingerprint density at radius 3 is 2.53 bits per heavy atom. The molecular formula is C12H13NO6. The van der Waals surface area contributed by atoms with E-state index in [0.717, 1.165) is 6.07 Å². The molecule has 0 saturated heterocycles. The van der Waals surface area contributed by atoms with Gasteiger partial charge < -0.3 is 9.47 Å². The van der Waals surface area contributed by atoms with Gasteiger partial charge in [0.15, 0.2) is 6.10 Å². The largest absolute Gasteiger partial charge is 0.466 e. The van der Waals surface area contributed by atoms with Crippen molar-refractivity contribution < 1.29 is 24.0 Å². The third-order valence-corrected chi connectivity index (χ3v) is 2.46. The van der Waals surface area contributed by atoms with Crippen molar-refractivity contribution in [3.8, 4) is 0 Å². The van der Waals surface area contributed by atoms with E-state index >= 15 is 0 Å². The van der Waals surface area contributed by atoms with E-state index < -0.39 is 23.0 Å². The summed E-state index contributed by atoms with van der Waals surface area (Å²) in [5.74, 6) is -1.52. The molecule has 19 heavy (non-hydrogen) atoms. The Kier molecular flexibility index (Phi) is 4.57. The van der Waals surface area contributed by atoms with Crippen LogP contribution in [0, 0.1) is 17.0 Å². The molecule has 0 radical (unpaired) electrons. The first-order chi connectivity index (χ1) is 8.86. The van der Waals surface area contributed by atoms with E-state index in [1.807, 2.05) is 0 Å². The van der Waals surface area contributed by atoms with Crippen LogP contribution in [-0.2, 0) is 14.3 Å². The highest BCUT2D eigenvalue weighted by Crippen LogP contribution is 2.20. The van der Waals surface area contributed by atoms with Crippen molar-refractivity contribution in [3.05, 3.63) is 39.4 Å². The number of hydrogen-bond acceptors (Lipinski definition) is 6. The SMILES string of the molecule is COC(=O)[C@H](C)OC(=O)c1ccc(C)c([N+](=O)[O-])c1. The van der Waals surface area contributed by atoms with Crippen LogP contribution in [0.2, 0.25) is 0 Å². The molecular weight excluding hydrogens is 254 g/mol. The molecule has 0 aliphatic carbocycles. The Bertz CT molecular complexity index is 525. The molecule has 7 nitrogen and oxygen atoms in total. The summed E-state index contributed by atoms with van der Waals surface area (Å²) in [6.45, 7) is 2.91. The lowest BCUT2D eigenvalue weighted by Crippen LogP contribution is -2.25. The molecule has 0 heterocycles. The van der Waals surface area contributed by atoms with Crippen LogP contribution in [0.15, 0.2) is 18.2 Å². The molecule has 1 aromatic rings. The van der Waals surface area contributed by atoms with Crippen molar-refractivity contribution in [2.45, 2.75) is 20.0 Å². The number of esters is 2. The number of methoxy groups -OCH3 is 1. The number of benzene rings is 1. The van der Waals surface area contributed by atoms with Crippen molar-refractivity contribution in [2.75, 3.05) is 7.11 Å². The van der Waals surface area contributed by atoms with Gasteiger partial charge >= 0.3 is 11.9 Å². The molecule has 0 spiro atoms. The number of nitro groups is 1. The molecule has 0 amide bonds. The maximum absolute atomic E-state index is 11.7.